The molecule has 0 aliphatic rings. The van der Waals surface area contributed by atoms with Crippen molar-refractivity contribution >= 4 is 37.2 Å². The monoisotopic (exact) mass is 279 g/mol. The SMILES string of the molecule is C=C(/C=C\CC)Nc1ccc2c(c1)sc1ccccc12. The van der Waals surface area contributed by atoms with Crippen LogP contribution in [0.5, 0.6) is 0 Å². The van der Waals surface area contributed by atoms with Crippen molar-refractivity contribution < 1.29 is 0 Å². The van der Waals surface area contributed by atoms with Gasteiger partial charge in [-0.25, -0.2) is 0 Å². The molecular formula is C18H17NS. The Bertz CT molecular complexity index is 795. The first kappa shape index (κ1) is 12.9. The van der Waals surface area contributed by atoms with E-state index in [9.17, 15) is 0 Å². The summed E-state index contributed by atoms with van der Waals surface area (Å²) in [5.41, 5.74) is 2.02. The van der Waals surface area contributed by atoms with Crippen molar-refractivity contribution in [1.82, 2.24) is 0 Å². The summed E-state index contributed by atoms with van der Waals surface area (Å²) in [6.45, 7) is 6.13. The van der Waals surface area contributed by atoms with Crippen molar-refractivity contribution in [2.24, 2.45) is 0 Å². The molecule has 2 aromatic carbocycles. The molecule has 0 unspecified atom stereocenters. The molecule has 0 saturated heterocycles. The Morgan fingerprint density at radius 2 is 1.95 bits per heavy atom. The van der Waals surface area contributed by atoms with Crippen LogP contribution < -0.4 is 5.32 Å². The number of benzene rings is 2. The summed E-state index contributed by atoms with van der Waals surface area (Å²) in [7, 11) is 0. The van der Waals surface area contributed by atoms with Crippen molar-refractivity contribution in [2.45, 2.75) is 13.3 Å². The fraction of sp³-hybridized carbons (Fsp3) is 0.111. The van der Waals surface area contributed by atoms with Crippen LogP contribution in [0.4, 0.5) is 5.69 Å². The topological polar surface area (TPSA) is 12.0 Å². The van der Waals surface area contributed by atoms with E-state index in [4.69, 9.17) is 0 Å². The Morgan fingerprint density at radius 1 is 1.15 bits per heavy atom. The maximum atomic E-state index is 4.02. The number of rotatable bonds is 4. The summed E-state index contributed by atoms with van der Waals surface area (Å²) in [4.78, 5) is 0. The number of nitrogens with one attached hydrogen (secondary N) is 1. The van der Waals surface area contributed by atoms with Gasteiger partial charge in [0.2, 0.25) is 0 Å². The third kappa shape index (κ3) is 2.47. The normalized spacial score (nSPS) is 11.4. The van der Waals surface area contributed by atoms with Gasteiger partial charge in [0, 0.05) is 31.6 Å². The second kappa shape index (κ2) is 5.51. The molecular weight excluding hydrogens is 262 g/mol. The zero-order chi connectivity index (χ0) is 13.9. The number of hydrogen-bond acceptors (Lipinski definition) is 2. The highest BCUT2D eigenvalue weighted by atomic mass is 32.1. The van der Waals surface area contributed by atoms with E-state index in [0.29, 0.717) is 0 Å². The third-order valence-corrected chi connectivity index (χ3v) is 4.37. The van der Waals surface area contributed by atoms with Crippen molar-refractivity contribution in [1.29, 1.82) is 0 Å². The maximum absolute atomic E-state index is 4.02. The van der Waals surface area contributed by atoms with Crippen LogP contribution in [0.1, 0.15) is 13.3 Å². The van der Waals surface area contributed by atoms with Crippen LogP contribution in [-0.2, 0) is 0 Å². The lowest BCUT2D eigenvalue weighted by Crippen LogP contribution is -1.94. The lowest BCUT2D eigenvalue weighted by molar-refractivity contribution is 1.22. The van der Waals surface area contributed by atoms with E-state index in [1.54, 1.807) is 0 Å². The van der Waals surface area contributed by atoms with E-state index >= 15 is 0 Å². The molecule has 20 heavy (non-hydrogen) atoms. The summed E-state index contributed by atoms with van der Waals surface area (Å²) >= 11 is 1.83. The molecule has 0 radical (unpaired) electrons. The standard InChI is InChI=1S/C18H17NS/c1-3-4-7-13(2)19-14-10-11-16-15-8-5-6-9-17(15)20-18(16)12-14/h4-12,19H,2-3H2,1H3/b7-4-. The van der Waals surface area contributed by atoms with Gasteiger partial charge in [-0.15, -0.1) is 11.3 Å². The van der Waals surface area contributed by atoms with E-state index in [1.807, 2.05) is 17.4 Å². The van der Waals surface area contributed by atoms with Gasteiger partial charge in [0.05, 0.1) is 0 Å². The van der Waals surface area contributed by atoms with Gasteiger partial charge in [0.1, 0.15) is 0 Å². The Hall–Kier alpha value is -2.06. The molecule has 2 heteroatoms. The third-order valence-electron chi connectivity index (χ3n) is 3.24. The summed E-state index contributed by atoms with van der Waals surface area (Å²) in [6.07, 6.45) is 5.15. The first-order chi connectivity index (χ1) is 9.78. The van der Waals surface area contributed by atoms with Crippen LogP contribution in [-0.4, -0.2) is 0 Å². The highest BCUT2D eigenvalue weighted by Crippen LogP contribution is 2.35. The van der Waals surface area contributed by atoms with Gasteiger partial charge in [-0.3, -0.25) is 0 Å². The Morgan fingerprint density at radius 3 is 2.80 bits per heavy atom. The molecule has 0 bridgehead atoms. The minimum Gasteiger partial charge on any atom is -0.356 e. The van der Waals surface area contributed by atoms with Crippen LogP contribution in [0, 0.1) is 0 Å². The Balaban J connectivity index is 1.96. The molecule has 100 valence electrons. The largest absolute Gasteiger partial charge is 0.356 e. The molecule has 0 amide bonds. The molecule has 0 saturated carbocycles. The summed E-state index contributed by atoms with van der Waals surface area (Å²) in [6, 6.07) is 15.1. The molecule has 1 N–H and O–H groups in total. The van der Waals surface area contributed by atoms with E-state index in [2.05, 4.69) is 67.4 Å². The number of hydrogen-bond donors (Lipinski definition) is 1. The molecule has 0 aliphatic heterocycles. The average Bonchev–Trinajstić information content (AvgIpc) is 2.82. The van der Waals surface area contributed by atoms with Crippen LogP contribution >= 0.6 is 11.3 Å². The number of fused-ring (bicyclic) bond motifs is 3. The second-order valence-corrected chi connectivity index (χ2v) is 5.85. The van der Waals surface area contributed by atoms with Crippen LogP contribution in [0.2, 0.25) is 0 Å². The Labute approximate surface area is 123 Å². The maximum Gasteiger partial charge on any atom is 0.0398 e. The summed E-state index contributed by atoms with van der Waals surface area (Å²) in [5, 5.41) is 6.00. The second-order valence-electron chi connectivity index (χ2n) is 4.77. The molecule has 1 aromatic heterocycles. The smallest absolute Gasteiger partial charge is 0.0398 e. The molecule has 0 atom stereocenters. The first-order valence-corrected chi connectivity index (χ1v) is 7.63. The first-order valence-electron chi connectivity index (χ1n) is 6.81. The molecule has 3 rings (SSSR count). The molecule has 0 aliphatic carbocycles. The van der Waals surface area contributed by atoms with Crippen LogP contribution in [0.25, 0.3) is 20.2 Å². The van der Waals surface area contributed by atoms with Crippen molar-refractivity contribution in [2.75, 3.05) is 5.32 Å². The van der Waals surface area contributed by atoms with Crippen molar-refractivity contribution in [3.8, 4) is 0 Å². The number of anilines is 1. The molecule has 1 nitrogen and oxygen atoms in total. The highest BCUT2D eigenvalue weighted by Gasteiger charge is 2.04. The molecule has 0 fully saturated rings. The van der Waals surface area contributed by atoms with E-state index in [0.717, 1.165) is 17.8 Å². The van der Waals surface area contributed by atoms with E-state index in [1.165, 1.54) is 20.2 Å². The predicted octanol–water partition coefficient (Wildman–Crippen LogP) is 5.95. The van der Waals surface area contributed by atoms with Gasteiger partial charge in [-0.2, -0.15) is 0 Å². The fourth-order valence-corrected chi connectivity index (χ4v) is 3.44. The zero-order valence-electron chi connectivity index (χ0n) is 11.5. The minimum atomic E-state index is 0.923. The fourth-order valence-electron chi connectivity index (χ4n) is 2.29. The predicted molar refractivity (Wildman–Crippen MR) is 91.5 cm³/mol. The number of allylic oxidation sites excluding steroid dienone is 2. The van der Waals surface area contributed by atoms with Gasteiger partial charge >= 0.3 is 0 Å². The molecule has 0 spiro atoms. The lowest BCUT2D eigenvalue weighted by Gasteiger charge is -2.05. The average molecular weight is 279 g/mol. The minimum absolute atomic E-state index is 0.923. The van der Waals surface area contributed by atoms with Crippen LogP contribution in [0.3, 0.4) is 0 Å². The van der Waals surface area contributed by atoms with Gasteiger partial charge in [-0.1, -0.05) is 43.8 Å². The quantitative estimate of drug-likeness (QED) is 0.582. The lowest BCUT2D eigenvalue weighted by atomic mass is 10.1. The van der Waals surface area contributed by atoms with E-state index < -0.39 is 0 Å². The zero-order valence-corrected chi connectivity index (χ0v) is 12.3. The summed E-state index contributed by atoms with van der Waals surface area (Å²) < 4.78 is 2.65. The summed E-state index contributed by atoms with van der Waals surface area (Å²) in [5.74, 6) is 0. The van der Waals surface area contributed by atoms with Gasteiger partial charge < -0.3 is 5.32 Å². The van der Waals surface area contributed by atoms with Gasteiger partial charge in [0.15, 0.2) is 0 Å². The highest BCUT2D eigenvalue weighted by molar-refractivity contribution is 7.25. The molecule has 1 heterocycles. The van der Waals surface area contributed by atoms with Crippen molar-refractivity contribution in [3.63, 3.8) is 0 Å². The van der Waals surface area contributed by atoms with Crippen LogP contribution in [0.15, 0.2) is 66.9 Å². The molecule has 3 aromatic rings. The number of thiophene rings is 1. The van der Waals surface area contributed by atoms with Crippen molar-refractivity contribution in [3.05, 3.63) is 66.9 Å². The van der Waals surface area contributed by atoms with E-state index in [-0.39, 0.29) is 0 Å². The Kier molecular flexibility index (Phi) is 3.57. The van der Waals surface area contributed by atoms with Gasteiger partial charge in [0.25, 0.3) is 0 Å². The van der Waals surface area contributed by atoms with Gasteiger partial charge in [-0.05, 0) is 30.7 Å².